The normalized spacial score (nSPS) is 12.7. The van der Waals surface area contributed by atoms with Crippen LogP contribution in [-0.2, 0) is 4.74 Å². The summed E-state index contributed by atoms with van der Waals surface area (Å²) in [7, 11) is 1.48. The highest BCUT2D eigenvalue weighted by Crippen LogP contribution is 2.29. The number of nitrogens with two attached hydrogens (primary N) is 1. The van der Waals surface area contributed by atoms with Crippen molar-refractivity contribution in [2.24, 2.45) is 5.73 Å². The minimum Gasteiger partial charge on any atom is -0.481 e. The predicted octanol–water partition coefficient (Wildman–Crippen LogP) is 2.27. The van der Waals surface area contributed by atoms with Gasteiger partial charge in [-0.1, -0.05) is 11.6 Å². The highest BCUT2D eigenvalue weighted by molar-refractivity contribution is 6.31. The molecule has 1 rings (SSSR count). The fraction of sp³-hybridized carbons (Fsp3) is 0.538. The molecule has 0 fully saturated rings. The molecule has 0 spiro atoms. The van der Waals surface area contributed by atoms with Gasteiger partial charge in [0.15, 0.2) is 0 Å². The molecule has 1 aromatic heterocycles. The van der Waals surface area contributed by atoms with E-state index in [9.17, 15) is 4.79 Å². The van der Waals surface area contributed by atoms with Gasteiger partial charge in [0.1, 0.15) is 5.60 Å². The van der Waals surface area contributed by atoms with Gasteiger partial charge in [-0.05, 0) is 26.8 Å². The van der Waals surface area contributed by atoms with Crippen LogP contribution in [0.25, 0.3) is 0 Å². The molecule has 0 bridgehead atoms. The number of hydrogen-bond donors (Lipinski definition) is 2. The predicted molar refractivity (Wildman–Crippen MR) is 77.0 cm³/mol. The highest BCUT2D eigenvalue weighted by Gasteiger charge is 2.24. The van der Waals surface area contributed by atoms with E-state index >= 15 is 0 Å². The van der Waals surface area contributed by atoms with Crippen molar-refractivity contribution in [1.82, 2.24) is 10.3 Å². The molecule has 0 aliphatic rings. The van der Waals surface area contributed by atoms with Gasteiger partial charge < -0.3 is 20.5 Å². The second kappa shape index (κ2) is 6.76. The first-order chi connectivity index (χ1) is 9.28. The number of alkyl carbamates (subject to hydrolysis) is 1. The van der Waals surface area contributed by atoms with Crippen molar-refractivity contribution in [2.45, 2.75) is 32.4 Å². The van der Waals surface area contributed by atoms with Crippen LogP contribution in [-0.4, -0.2) is 30.3 Å². The first kappa shape index (κ1) is 16.5. The third kappa shape index (κ3) is 4.54. The zero-order valence-corrected chi connectivity index (χ0v) is 12.8. The Morgan fingerprint density at radius 1 is 1.55 bits per heavy atom. The van der Waals surface area contributed by atoms with E-state index in [1.807, 2.05) is 0 Å². The van der Waals surface area contributed by atoms with Gasteiger partial charge >= 0.3 is 6.09 Å². The number of aromatic nitrogens is 1. The van der Waals surface area contributed by atoms with Crippen LogP contribution in [0, 0.1) is 0 Å². The number of nitrogens with zero attached hydrogens (tertiary/aromatic N) is 1. The Kier molecular flexibility index (Phi) is 5.59. The topological polar surface area (TPSA) is 86.5 Å². The summed E-state index contributed by atoms with van der Waals surface area (Å²) in [5.74, 6) is 0.323. The van der Waals surface area contributed by atoms with Gasteiger partial charge in [0.25, 0.3) is 0 Å². The molecule has 1 atom stereocenters. The van der Waals surface area contributed by atoms with E-state index in [4.69, 9.17) is 26.8 Å². The van der Waals surface area contributed by atoms with Crippen LogP contribution in [0.2, 0.25) is 5.02 Å². The summed E-state index contributed by atoms with van der Waals surface area (Å²) in [6.07, 6.45) is 0.945. The maximum atomic E-state index is 11.8. The van der Waals surface area contributed by atoms with Crippen molar-refractivity contribution >= 4 is 17.7 Å². The standard InChI is InChI=1S/C13H20ClN3O3/c1-13(2,3)20-12(18)17-9(7-15)10-8(14)5-6-16-11(10)19-4/h5-6,9H,7,15H2,1-4H3,(H,17,18). The van der Waals surface area contributed by atoms with E-state index in [-0.39, 0.29) is 6.54 Å². The summed E-state index contributed by atoms with van der Waals surface area (Å²) in [6.45, 7) is 5.48. The Bertz CT molecular complexity index is 474. The van der Waals surface area contributed by atoms with Gasteiger partial charge in [-0.25, -0.2) is 9.78 Å². The average molecular weight is 302 g/mol. The maximum absolute atomic E-state index is 11.8. The lowest BCUT2D eigenvalue weighted by Gasteiger charge is -2.24. The number of carbonyl (C=O) groups excluding carboxylic acids is 1. The molecule has 6 nitrogen and oxygen atoms in total. The van der Waals surface area contributed by atoms with E-state index < -0.39 is 17.7 Å². The van der Waals surface area contributed by atoms with Gasteiger partial charge in [-0.2, -0.15) is 0 Å². The molecular weight excluding hydrogens is 282 g/mol. The average Bonchev–Trinajstić information content (AvgIpc) is 2.33. The molecule has 0 aliphatic carbocycles. The van der Waals surface area contributed by atoms with E-state index in [1.54, 1.807) is 26.8 Å². The van der Waals surface area contributed by atoms with Crippen LogP contribution in [0.4, 0.5) is 4.79 Å². The van der Waals surface area contributed by atoms with Gasteiger partial charge in [0.05, 0.1) is 23.7 Å². The molecule has 1 unspecified atom stereocenters. The van der Waals surface area contributed by atoms with Crippen LogP contribution in [0.15, 0.2) is 12.3 Å². The van der Waals surface area contributed by atoms with E-state index in [2.05, 4.69) is 10.3 Å². The van der Waals surface area contributed by atoms with Crippen molar-refractivity contribution in [3.05, 3.63) is 22.8 Å². The third-order valence-electron chi connectivity index (χ3n) is 2.37. The zero-order chi connectivity index (χ0) is 15.3. The SMILES string of the molecule is COc1nccc(Cl)c1C(CN)NC(=O)OC(C)(C)C. The number of ether oxygens (including phenoxy) is 2. The van der Waals surface area contributed by atoms with Crippen molar-refractivity contribution in [3.8, 4) is 5.88 Å². The highest BCUT2D eigenvalue weighted by atomic mass is 35.5. The van der Waals surface area contributed by atoms with Crippen LogP contribution < -0.4 is 15.8 Å². The van der Waals surface area contributed by atoms with Crippen LogP contribution >= 0.6 is 11.6 Å². The minimum atomic E-state index is -0.591. The smallest absolute Gasteiger partial charge is 0.408 e. The molecular formula is C13H20ClN3O3. The molecule has 1 heterocycles. The van der Waals surface area contributed by atoms with Crippen molar-refractivity contribution in [3.63, 3.8) is 0 Å². The third-order valence-corrected chi connectivity index (χ3v) is 2.70. The van der Waals surface area contributed by atoms with Crippen molar-refractivity contribution in [1.29, 1.82) is 0 Å². The second-order valence-corrected chi connectivity index (χ2v) is 5.56. The number of rotatable bonds is 4. The quantitative estimate of drug-likeness (QED) is 0.891. The first-order valence-corrected chi connectivity index (χ1v) is 6.54. The lowest BCUT2D eigenvalue weighted by Crippen LogP contribution is -2.38. The number of nitrogens with one attached hydrogen (secondary N) is 1. The Morgan fingerprint density at radius 2 is 2.20 bits per heavy atom. The molecule has 3 N–H and O–H groups in total. The molecule has 1 amide bonds. The van der Waals surface area contributed by atoms with Gasteiger partial charge in [-0.3, -0.25) is 0 Å². The van der Waals surface area contributed by atoms with E-state index in [1.165, 1.54) is 13.3 Å². The van der Waals surface area contributed by atoms with Gasteiger partial charge in [0.2, 0.25) is 5.88 Å². The molecule has 1 aromatic rings. The molecule has 7 heteroatoms. The molecule has 0 aliphatic heterocycles. The summed E-state index contributed by atoms with van der Waals surface area (Å²) >= 11 is 6.13. The Balaban J connectivity index is 2.94. The maximum Gasteiger partial charge on any atom is 0.408 e. The fourth-order valence-electron chi connectivity index (χ4n) is 1.61. The Labute approximate surface area is 123 Å². The summed E-state index contributed by atoms with van der Waals surface area (Å²) in [6, 6.07) is 1.07. The molecule has 0 saturated carbocycles. The lowest BCUT2D eigenvalue weighted by molar-refractivity contribution is 0.0504. The number of carbonyl (C=O) groups is 1. The lowest BCUT2D eigenvalue weighted by atomic mass is 10.1. The number of methoxy groups -OCH3 is 1. The summed E-state index contributed by atoms with van der Waals surface area (Å²) < 4.78 is 10.3. The minimum absolute atomic E-state index is 0.140. The van der Waals surface area contributed by atoms with Crippen LogP contribution in [0.1, 0.15) is 32.4 Å². The summed E-state index contributed by atoms with van der Waals surface area (Å²) in [5.41, 5.74) is 5.64. The van der Waals surface area contributed by atoms with E-state index in [0.29, 0.717) is 16.5 Å². The molecule has 0 radical (unpaired) electrons. The molecule has 20 heavy (non-hydrogen) atoms. The number of hydrogen-bond acceptors (Lipinski definition) is 5. The molecule has 0 aromatic carbocycles. The number of amides is 1. The van der Waals surface area contributed by atoms with E-state index in [0.717, 1.165) is 0 Å². The number of pyridine rings is 1. The fourth-order valence-corrected chi connectivity index (χ4v) is 1.88. The summed E-state index contributed by atoms with van der Waals surface area (Å²) in [5, 5.41) is 3.08. The largest absolute Gasteiger partial charge is 0.481 e. The van der Waals surface area contributed by atoms with Gasteiger partial charge in [0, 0.05) is 12.7 Å². The first-order valence-electron chi connectivity index (χ1n) is 6.16. The zero-order valence-electron chi connectivity index (χ0n) is 12.1. The molecule has 0 saturated heterocycles. The Hall–Kier alpha value is -1.53. The van der Waals surface area contributed by atoms with Crippen molar-refractivity contribution in [2.75, 3.05) is 13.7 Å². The van der Waals surface area contributed by atoms with Crippen LogP contribution in [0.5, 0.6) is 5.88 Å². The second-order valence-electron chi connectivity index (χ2n) is 5.15. The van der Waals surface area contributed by atoms with Gasteiger partial charge in [-0.15, -0.1) is 0 Å². The Morgan fingerprint density at radius 3 is 2.70 bits per heavy atom. The van der Waals surface area contributed by atoms with Crippen molar-refractivity contribution < 1.29 is 14.3 Å². The summed E-state index contributed by atoms with van der Waals surface area (Å²) in [4.78, 5) is 15.9. The monoisotopic (exact) mass is 301 g/mol. The van der Waals surface area contributed by atoms with Crippen LogP contribution in [0.3, 0.4) is 0 Å². The number of halogens is 1. The molecule has 112 valence electrons.